The summed E-state index contributed by atoms with van der Waals surface area (Å²) in [6, 6.07) is 5.88. The lowest BCUT2D eigenvalue weighted by Crippen LogP contribution is -2.54. The summed E-state index contributed by atoms with van der Waals surface area (Å²) in [5.41, 5.74) is 1.83. The molecule has 2 atom stereocenters. The van der Waals surface area contributed by atoms with Crippen molar-refractivity contribution in [1.82, 2.24) is 20.2 Å². The molecule has 33 heavy (non-hydrogen) atoms. The second kappa shape index (κ2) is 11.0. The van der Waals surface area contributed by atoms with Crippen molar-refractivity contribution in [3.05, 3.63) is 45.8 Å². The Labute approximate surface area is 204 Å². The van der Waals surface area contributed by atoms with Gasteiger partial charge in [0.25, 0.3) is 5.91 Å². The summed E-state index contributed by atoms with van der Waals surface area (Å²) < 4.78 is 11.1. The first-order valence-corrected chi connectivity index (χ1v) is 11.9. The van der Waals surface area contributed by atoms with Crippen LogP contribution in [-0.2, 0) is 9.47 Å². The zero-order chi connectivity index (χ0) is 23.4. The number of ether oxygens (including phenoxy) is 2. The van der Waals surface area contributed by atoms with Crippen molar-refractivity contribution < 1.29 is 14.3 Å². The lowest BCUT2D eigenvalue weighted by molar-refractivity contribution is -0.0533. The molecule has 0 spiro atoms. The number of carbonyl (C=O) groups excluding carboxylic acids is 1. The van der Waals surface area contributed by atoms with Gasteiger partial charge in [-0.3, -0.25) is 4.79 Å². The van der Waals surface area contributed by atoms with Gasteiger partial charge in [0.1, 0.15) is 17.8 Å². The number of aromatic nitrogens is 2. The summed E-state index contributed by atoms with van der Waals surface area (Å²) in [6.45, 7) is 4.57. The van der Waals surface area contributed by atoms with Gasteiger partial charge in [-0.05, 0) is 44.4 Å². The first-order chi connectivity index (χ1) is 16.0. The minimum atomic E-state index is -0.0774. The van der Waals surface area contributed by atoms with E-state index in [1.807, 2.05) is 17.9 Å². The lowest BCUT2D eigenvalue weighted by Gasteiger charge is -2.38. The van der Waals surface area contributed by atoms with Crippen LogP contribution in [0.15, 0.2) is 24.5 Å². The van der Waals surface area contributed by atoms with E-state index in [2.05, 4.69) is 20.6 Å². The van der Waals surface area contributed by atoms with E-state index >= 15 is 0 Å². The summed E-state index contributed by atoms with van der Waals surface area (Å²) in [5, 5.41) is 7.84. The van der Waals surface area contributed by atoms with Crippen molar-refractivity contribution in [3.63, 3.8) is 0 Å². The van der Waals surface area contributed by atoms with E-state index in [-0.39, 0.29) is 18.1 Å². The van der Waals surface area contributed by atoms with Crippen LogP contribution in [0.2, 0.25) is 10.0 Å². The van der Waals surface area contributed by atoms with Crippen LogP contribution in [0.1, 0.15) is 35.3 Å². The van der Waals surface area contributed by atoms with Gasteiger partial charge < -0.3 is 25.0 Å². The van der Waals surface area contributed by atoms with E-state index in [9.17, 15) is 4.79 Å². The molecular formula is C23H29Cl2N5O3. The minimum absolute atomic E-state index is 0.0727. The number of methoxy groups -OCH3 is 1. The second-order valence-corrected chi connectivity index (χ2v) is 9.24. The van der Waals surface area contributed by atoms with Crippen LogP contribution in [0.3, 0.4) is 0 Å². The Morgan fingerprint density at radius 3 is 2.70 bits per heavy atom. The Kier molecular flexibility index (Phi) is 8.03. The van der Waals surface area contributed by atoms with Crippen molar-refractivity contribution in [2.24, 2.45) is 0 Å². The highest BCUT2D eigenvalue weighted by Crippen LogP contribution is 2.28. The lowest BCUT2D eigenvalue weighted by atomic mass is 9.99. The number of hydrogen-bond acceptors (Lipinski definition) is 7. The number of rotatable bonds is 6. The van der Waals surface area contributed by atoms with Crippen LogP contribution >= 0.6 is 23.2 Å². The third-order valence-corrected chi connectivity index (χ3v) is 7.05. The fraction of sp³-hybridized carbons (Fsp3) is 0.522. The average molecular weight is 494 g/mol. The van der Waals surface area contributed by atoms with Gasteiger partial charge in [-0.15, -0.1) is 0 Å². The molecule has 0 radical (unpaired) electrons. The fourth-order valence-corrected chi connectivity index (χ4v) is 4.64. The van der Waals surface area contributed by atoms with Gasteiger partial charge in [-0.25, -0.2) is 9.97 Å². The molecule has 1 aromatic carbocycles. The number of hydrogen-bond donors (Lipinski definition) is 2. The van der Waals surface area contributed by atoms with Gasteiger partial charge in [0.15, 0.2) is 0 Å². The molecule has 2 fully saturated rings. The quantitative estimate of drug-likeness (QED) is 0.631. The summed E-state index contributed by atoms with van der Waals surface area (Å²) in [4.78, 5) is 23.7. The SMILES string of the molecule is COC1COCCC1NC1CCN(C(=O)c2ncnc(Nc3ccc(Cl)c(Cl)c3)c2C)CC1. The van der Waals surface area contributed by atoms with Gasteiger partial charge in [0.05, 0.1) is 22.8 Å². The minimum Gasteiger partial charge on any atom is -0.379 e. The zero-order valence-corrected chi connectivity index (χ0v) is 20.3. The summed E-state index contributed by atoms with van der Waals surface area (Å²) in [5.74, 6) is 0.486. The number of likely N-dealkylation sites (tertiary alicyclic amines) is 1. The number of halogens is 2. The molecule has 0 aliphatic carbocycles. The van der Waals surface area contributed by atoms with Crippen LogP contribution < -0.4 is 10.6 Å². The van der Waals surface area contributed by atoms with Crippen LogP contribution in [0.5, 0.6) is 0 Å². The summed E-state index contributed by atoms with van der Waals surface area (Å²) in [7, 11) is 1.73. The number of benzene rings is 1. The van der Waals surface area contributed by atoms with Crippen molar-refractivity contribution in [1.29, 1.82) is 0 Å². The summed E-state index contributed by atoms with van der Waals surface area (Å²) >= 11 is 12.1. The maximum Gasteiger partial charge on any atom is 0.272 e. The van der Waals surface area contributed by atoms with Crippen LogP contribution in [0.4, 0.5) is 11.5 Å². The highest BCUT2D eigenvalue weighted by atomic mass is 35.5. The maximum atomic E-state index is 13.2. The zero-order valence-electron chi connectivity index (χ0n) is 18.8. The normalized spacial score (nSPS) is 21.8. The number of nitrogens with zero attached hydrogens (tertiary/aromatic N) is 3. The average Bonchev–Trinajstić information content (AvgIpc) is 2.83. The highest BCUT2D eigenvalue weighted by molar-refractivity contribution is 6.42. The third-order valence-electron chi connectivity index (χ3n) is 6.31. The molecule has 10 heteroatoms. The van der Waals surface area contributed by atoms with Crippen LogP contribution in [0.25, 0.3) is 0 Å². The molecule has 8 nitrogen and oxygen atoms in total. The number of nitrogens with one attached hydrogen (secondary N) is 2. The van der Waals surface area contributed by atoms with E-state index < -0.39 is 0 Å². The molecule has 2 aliphatic heterocycles. The van der Waals surface area contributed by atoms with Gasteiger partial charge in [0.2, 0.25) is 0 Å². The summed E-state index contributed by atoms with van der Waals surface area (Å²) in [6.07, 6.45) is 4.19. The molecule has 2 N–H and O–H groups in total. The van der Waals surface area contributed by atoms with Gasteiger partial charge in [0, 0.05) is 50.1 Å². The van der Waals surface area contributed by atoms with E-state index in [0.717, 1.165) is 31.6 Å². The Morgan fingerprint density at radius 2 is 1.97 bits per heavy atom. The van der Waals surface area contributed by atoms with Crippen molar-refractivity contribution >= 4 is 40.6 Å². The first kappa shape index (κ1) is 24.2. The molecule has 2 aliphatic rings. The molecule has 178 valence electrons. The standard InChI is InChI=1S/C23H29Cl2N5O3/c1-14-21(26-13-27-22(14)29-16-3-4-17(24)18(25)11-16)23(31)30-8-5-15(6-9-30)28-19-7-10-33-12-20(19)32-2/h3-4,11,13,15,19-20,28H,5-10,12H2,1-2H3,(H,26,27,29). The largest absolute Gasteiger partial charge is 0.379 e. The predicted octanol–water partition coefficient (Wildman–Crippen LogP) is 3.83. The fourth-order valence-electron chi connectivity index (χ4n) is 4.34. The first-order valence-electron chi connectivity index (χ1n) is 11.2. The molecule has 1 amide bonds. The van der Waals surface area contributed by atoms with E-state index in [0.29, 0.717) is 52.9 Å². The molecule has 4 rings (SSSR count). The maximum absolute atomic E-state index is 13.2. The van der Waals surface area contributed by atoms with Crippen molar-refractivity contribution in [3.8, 4) is 0 Å². The van der Waals surface area contributed by atoms with Crippen molar-refractivity contribution in [2.75, 3.05) is 38.7 Å². The molecule has 0 bridgehead atoms. The predicted molar refractivity (Wildman–Crippen MR) is 129 cm³/mol. The smallest absolute Gasteiger partial charge is 0.272 e. The Balaban J connectivity index is 1.37. The van der Waals surface area contributed by atoms with Gasteiger partial charge >= 0.3 is 0 Å². The third kappa shape index (κ3) is 5.75. The van der Waals surface area contributed by atoms with Gasteiger partial charge in [-0.2, -0.15) is 0 Å². The molecule has 2 saturated heterocycles. The highest BCUT2D eigenvalue weighted by Gasteiger charge is 2.31. The Hall–Kier alpha value is -1.97. The molecule has 2 aromatic rings. The molecule has 3 heterocycles. The monoisotopic (exact) mass is 493 g/mol. The Bertz CT molecular complexity index is 985. The Morgan fingerprint density at radius 1 is 1.18 bits per heavy atom. The molecular weight excluding hydrogens is 465 g/mol. The van der Waals surface area contributed by atoms with E-state index in [1.165, 1.54) is 6.33 Å². The van der Waals surface area contributed by atoms with Crippen LogP contribution in [-0.4, -0.2) is 72.4 Å². The second-order valence-electron chi connectivity index (χ2n) is 8.43. The van der Waals surface area contributed by atoms with Gasteiger partial charge in [-0.1, -0.05) is 23.2 Å². The molecule has 0 saturated carbocycles. The van der Waals surface area contributed by atoms with Crippen molar-refractivity contribution in [2.45, 2.75) is 44.4 Å². The number of amides is 1. The van der Waals surface area contributed by atoms with E-state index in [4.69, 9.17) is 32.7 Å². The number of anilines is 2. The number of carbonyl (C=O) groups is 1. The molecule has 2 unspecified atom stereocenters. The number of piperidine rings is 1. The molecule has 1 aromatic heterocycles. The van der Waals surface area contributed by atoms with Crippen LogP contribution in [0, 0.1) is 6.92 Å². The van der Waals surface area contributed by atoms with E-state index in [1.54, 1.807) is 19.2 Å². The topological polar surface area (TPSA) is 88.6 Å².